The van der Waals surface area contributed by atoms with E-state index in [4.69, 9.17) is 0 Å². The normalized spacial score (nSPS) is 14.5. The molecule has 0 aromatic rings. The third-order valence-corrected chi connectivity index (χ3v) is 6.29. The predicted octanol–water partition coefficient (Wildman–Crippen LogP) is 2.35. The number of rotatable bonds is 18. The summed E-state index contributed by atoms with van der Waals surface area (Å²) in [5.41, 5.74) is -5.86. The van der Waals surface area contributed by atoms with Crippen LogP contribution in [-0.2, 0) is 58.1 Å². The molecule has 0 aliphatic rings. The Morgan fingerprint density at radius 3 is 1.40 bits per heavy atom. The van der Waals surface area contributed by atoms with Crippen LogP contribution in [-0.4, -0.2) is 75.3 Å². The average Bonchev–Trinajstić information content (AvgIpc) is 2.94. The maximum absolute atomic E-state index is 13.3. The summed E-state index contributed by atoms with van der Waals surface area (Å²) < 4.78 is 0. The van der Waals surface area contributed by atoms with Gasteiger partial charge in [-0.25, -0.2) is 58.1 Å². The fourth-order valence-corrected chi connectivity index (χ4v) is 3.93. The lowest BCUT2D eigenvalue weighted by molar-refractivity contribution is -0.297. The van der Waals surface area contributed by atoms with Crippen LogP contribution in [0.2, 0.25) is 0 Å². The van der Waals surface area contributed by atoms with Gasteiger partial charge in [-0.3, -0.25) is 4.90 Å². The topological polar surface area (TPSA) is 201 Å². The van der Waals surface area contributed by atoms with Crippen molar-refractivity contribution in [1.29, 1.82) is 0 Å². The third-order valence-electron chi connectivity index (χ3n) is 6.29. The number of nitrogens with zero attached hydrogens (tertiary/aromatic N) is 1. The van der Waals surface area contributed by atoms with Gasteiger partial charge >= 0.3 is 35.8 Å². The molecule has 0 radical (unpaired) electrons. The van der Waals surface area contributed by atoms with Crippen molar-refractivity contribution < 1.29 is 68.3 Å². The summed E-state index contributed by atoms with van der Waals surface area (Å²) in [5, 5.41) is 23.1. The SMILES string of the molecule is CCCCC(=O)OOC(=O)CC(O)(C(=O)OOC(=O)CCCC)C(C(=O)OOC(=O)CCCC)C(C)(O)N(CC)CC. The zero-order valence-corrected chi connectivity index (χ0v) is 25.3. The van der Waals surface area contributed by atoms with E-state index in [1.165, 1.54) is 4.90 Å². The molecule has 0 amide bonds. The minimum atomic E-state index is -3.38. The van der Waals surface area contributed by atoms with Crippen LogP contribution in [0.5, 0.6) is 0 Å². The third kappa shape index (κ3) is 12.7. The highest BCUT2D eigenvalue weighted by Gasteiger charge is 2.62. The van der Waals surface area contributed by atoms with E-state index in [1.54, 1.807) is 27.7 Å². The molecule has 0 spiro atoms. The van der Waals surface area contributed by atoms with Gasteiger partial charge in [-0.15, -0.1) is 0 Å². The Morgan fingerprint density at radius 2 is 1.00 bits per heavy atom. The van der Waals surface area contributed by atoms with Crippen molar-refractivity contribution >= 4 is 35.8 Å². The largest absolute Gasteiger partial charge is 0.388 e. The van der Waals surface area contributed by atoms with Gasteiger partial charge in [0, 0.05) is 0 Å². The molecule has 0 aliphatic carbocycles. The maximum Gasteiger partial charge on any atom is 0.388 e. The molecule has 0 fully saturated rings. The van der Waals surface area contributed by atoms with Gasteiger partial charge in [0.2, 0.25) is 0 Å². The monoisotopic (exact) mass is 607 g/mol. The summed E-state index contributed by atoms with van der Waals surface area (Å²) in [6.45, 7) is 9.72. The van der Waals surface area contributed by atoms with Crippen LogP contribution >= 0.6 is 0 Å². The van der Waals surface area contributed by atoms with Crippen LogP contribution in [0, 0.1) is 5.92 Å². The fraction of sp³-hybridized carbons (Fsp3) is 0.778. The van der Waals surface area contributed by atoms with Gasteiger partial charge in [-0.1, -0.05) is 53.9 Å². The molecular formula is C27H45NO14. The molecule has 0 saturated carbocycles. The summed E-state index contributed by atoms with van der Waals surface area (Å²) in [7, 11) is 0. The smallest absolute Gasteiger partial charge is 0.377 e. The minimum Gasteiger partial charge on any atom is -0.377 e. The molecule has 3 unspecified atom stereocenters. The maximum atomic E-state index is 13.3. The Hall–Kier alpha value is -3.30. The molecule has 0 aliphatic heterocycles. The van der Waals surface area contributed by atoms with E-state index >= 15 is 0 Å². The van der Waals surface area contributed by atoms with Crippen molar-refractivity contribution in [1.82, 2.24) is 4.90 Å². The minimum absolute atomic E-state index is 0.0557. The van der Waals surface area contributed by atoms with Crippen LogP contribution in [0.1, 0.15) is 106 Å². The average molecular weight is 608 g/mol. The molecule has 242 valence electrons. The van der Waals surface area contributed by atoms with Gasteiger partial charge in [0.15, 0.2) is 5.60 Å². The van der Waals surface area contributed by atoms with Crippen LogP contribution in [0.4, 0.5) is 0 Å². The van der Waals surface area contributed by atoms with Crippen LogP contribution in [0.25, 0.3) is 0 Å². The molecule has 0 heterocycles. The predicted molar refractivity (Wildman–Crippen MR) is 142 cm³/mol. The first-order valence-corrected chi connectivity index (χ1v) is 14.2. The molecule has 0 aromatic heterocycles. The molecular weight excluding hydrogens is 562 g/mol. The first kappa shape index (κ1) is 38.7. The molecule has 15 heteroatoms. The summed E-state index contributed by atoms with van der Waals surface area (Å²) >= 11 is 0. The Kier molecular flexibility index (Phi) is 18.2. The van der Waals surface area contributed by atoms with E-state index in [0.29, 0.717) is 38.5 Å². The molecule has 0 aromatic carbocycles. The highest BCUT2D eigenvalue weighted by Crippen LogP contribution is 2.37. The summed E-state index contributed by atoms with van der Waals surface area (Å²) in [5.74, 6) is -10.4. The van der Waals surface area contributed by atoms with E-state index in [2.05, 4.69) is 29.3 Å². The molecule has 0 saturated heterocycles. The fourth-order valence-electron chi connectivity index (χ4n) is 3.93. The Balaban J connectivity index is 6.48. The number of carbonyl (C=O) groups excluding carboxylic acids is 6. The summed E-state index contributed by atoms with van der Waals surface area (Å²) in [4.78, 5) is 103. The standard InChI is InChI=1S/C27H45NO14/c1-7-12-15-19(29)37-40-22(32)18-27(36,25(34)42-39-21(31)17-14-9-3)23(26(6,35)28(10-4)11-5)24(33)41-38-20(30)16-13-8-2/h23,35-36H,7-18H2,1-6H3. The number of hydrogen-bond donors (Lipinski definition) is 2. The van der Waals surface area contributed by atoms with Crippen LogP contribution in [0.3, 0.4) is 0 Å². The quantitative estimate of drug-likeness (QED) is 0.130. The van der Waals surface area contributed by atoms with Crippen molar-refractivity contribution in [3.05, 3.63) is 0 Å². The summed E-state index contributed by atoms with van der Waals surface area (Å²) in [6, 6.07) is 0. The van der Waals surface area contributed by atoms with E-state index in [0.717, 1.165) is 6.92 Å². The van der Waals surface area contributed by atoms with Crippen molar-refractivity contribution in [2.45, 2.75) is 117 Å². The number of aliphatic hydroxyl groups is 2. The van der Waals surface area contributed by atoms with Gasteiger partial charge in [0.05, 0.1) is 25.7 Å². The highest BCUT2D eigenvalue weighted by molar-refractivity contribution is 5.92. The molecule has 2 N–H and O–H groups in total. The molecule has 42 heavy (non-hydrogen) atoms. The van der Waals surface area contributed by atoms with Crippen LogP contribution < -0.4 is 0 Å². The Labute approximate surface area is 245 Å². The van der Waals surface area contributed by atoms with Crippen molar-refractivity contribution in [2.24, 2.45) is 5.92 Å². The van der Waals surface area contributed by atoms with E-state index in [-0.39, 0.29) is 32.4 Å². The molecule has 15 nitrogen and oxygen atoms in total. The van der Waals surface area contributed by atoms with Crippen molar-refractivity contribution in [2.75, 3.05) is 13.1 Å². The van der Waals surface area contributed by atoms with Gasteiger partial charge in [0.25, 0.3) is 0 Å². The molecule has 3 atom stereocenters. The van der Waals surface area contributed by atoms with Crippen molar-refractivity contribution in [3.63, 3.8) is 0 Å². The number of unbranched alkanes of at least 4 members (excludes halogenated alkanes) is 3. The lowest BCUT2D eigenvalue weighted by Crippen LogP contribution is -2.65. The van der Waals surface area contributed by atoms with E-state index < -0.39 is 59.5 Å². The second-order valence-corrected chi connectivity index (χ2v) is 9.71. The van der Waals surface area contributed by atoms with Gasteiger partial charge in [0.1, 0.15) is 11.6 Å². The Bertz CT molecular complexity index is 901. The Morgan fingerprint density at radius 1 is 0.619 bits per heavy atom. The lowest BCUT2D eigenvalue weighted by Gasteiger charge is -2.44. The second-order valence-electron chi connectivity index (χ2n) is 9.71. The molecule has 0 rings (SSSR count). The zero-order valence-electron chi connectivity index (χ0n) is 25.3. The highest BCUT2D eigenvalue weighted by atomic mass is 17.2. The van der Waals surface area contributed by atoms with Gasteiger partial charge in [-0.05, 0) is 39.3 Å². The molecule has 0 bridgehead atoms. The first-order chi connectivity index (χ1) is 19.7. The van der Waals surface area contributed by atoms with Crippen LogP contribution in [0.15, 0.2) is 0 Å². The van der Waals surface area contributed by atoms with Crippen molar-refractivity contribution in [3.8, 4) is 0 Å². The van der Waals surface area contributed by atoms with Gasteiger partial charge < -0.3 is 10.2 Å². The zero-order chi connectivity index (χ0) is 32.3. The number of hydrogen-bond acceptors (Lipinski definition) is 15. The lowest BCUT2D eigenvalue weighted by atomic mass is 9.77. The second kappa shape index (κ2) is 19.8. The summed E-state index contributed by atoms with van der Waals surface area (Å²) in [6.07, 6.45) is 1.23. The van der Waals surface area contributed by atoms with Gasteiger partial charge in [-0.2, -0.15) is 0 Å². The number of carbonyl (C=O) groups is 6. The van der Waals surface area contributed by atoms with E-state index in [9.17, 15) is 39.0 Å². The first-order valence-electron chi connectivity index (χ1n) is 14.2. The van der Waals surface area contributed by atoms with E-state index in [1.807, 2.05) is 6.92 Å².